The molecular formula is C27H33FN3O5-. The average Bonchev–Trinajstić information content (AvgIpc) is 3.33. The van der Waals surface area contributed by atoms with Crippen LogP contribution in [-0.4, -0.2) is 47.9 Å². The number of hydrogen-bond acceptors (Lipinski definition) is 6. The molecule has 0 aromatic heterocycles. The lowest BCUT2D eigenvalue weighted by Gasteiger charge is -2.23. The van der Waals surface area contributed by atoms with Gasteiger partial charge in [-0.15, -0.1) is 0 Å². The van der Waals surface area contributed by atoms with E-state index in [4.69, 9.17) is 10.5 Å². The van der Waals surface area contributed by atoms with Gasteiger partial charge in [0.15, 0.2) is 0 Å². The Morgan fingerprint density at radius 3 is 2.50 bits per heavy atom. The Bertz CT molecular complexity index is 1060. The highest BCUT2D eigenvalue weighted by molar-refractivity contribution is 5.82. The van der Waals surface area contributed by atoms with Crippen LogP contribution in [0.5, 0.6) is 5.75 Å². The van der Waals surface area contributed by atoms with Gasteiger partial charge in [-0.1, -0.05) is 44.2 Å². The van der Waals surface area contributed by atoms with Crippen molar-refractivity contribution >= 4 is 17.8 Å². The Balaban J connectivity index is 1.43. The van der Waals surface area contributed by atoms with Gasteiger partial charge in [0.1, 0.15) is 17.7 Å². The van der Waals surface area contributed by atoms with E-state index in [0.717, 1.165) is 5.56 Å². The molecule has 194 valence electrons. The van der Waals surface area contributed by atoms with Gasteiger partial charge in [-0.05, 0) is 48.1 Å². The molecule has 3 N–H and O–H groups in total. The van der Waals surface area contributed by atoms with E-state index in [1.54, 1.807) is 61.2 Å². The zero-order valence-electron chi connectivity index (χ0n) is 20.6. The van der Waals surface area contributed by atoms with Gasteiger partial charge >= 0.3 is 0 Å². The highest BCUT2D eigenvalue weighted by Crippen LogP contribution is 2.20. The molecule has 1 aliphatic heterocycles. The van der Waals surface area contributed by atoms with E-state index in [1.165, 1.54) is 6.07 Å². The van der Waals surface area contributed by atoms with Crippen molar-refractivity contribution < 1.29 is 28.6 Å². The minimum Gasteiger partial charge on any atom is -0.546 e. The van der Waals surface area contributed by atoms with Crippen LogP contribution in [-0.2, 0) is 27.3 Å². The number of halogens is 1. The Morgan fingerprint density at radius 1 is 1.17 bits per heavy atom. The van der Waals surface area contributed by atoms with Gasteiger partial charge in [-0.2, -0.15) is 0 Å². The number of carboxylic acids is 1. The van der Waals surface area contributed by atoms with Crippen molar-refractivity contribution in [2.45, 2.75) is 51.8 Å². The summed E-state index contributed by atoms with van der Waals surface area (Å²) in [5.41, 5.74) is 7.39. The number of hydrogen-bond donors (Lipinski definition) is 2. The van der Waals surface area contributed by atoms with Crippen LogP contribution in [0.3, 0.4) is 0 Å². The number of nitrogens with zero attached hydrogens (tertiary/aromatic N) is 1. The summed E-state index contributed by atoms with van der Waals surface area (Å²) in [6.07, 6.45) is -0.122. The molecule has 0 radical (unpaired) electrons. The molecule has 2 aromatic carbocycles. The first-order valence-electron chi connectivity index (χ1n) is 12.1. The second-order valence-corrected chi connectivity index (χ2v) is 9.55. The van der Waals surface area contributed by atoms with E-state index in [0.29, 0.717) is 37.4 Å². The Kier molecular flexibility index (Phi) is 9.41. The molecule has 3 atom stereocenters. The fourth-order valence-electron chi connectivity index (χ4n) is 4.20. The molecule has 1 fully saturated rings. The minimum absolute atomic E-state index is 0.0900. The number of benzene rings is 2. The highest BCUT2D eigenvalue weighted by Gasteiger charge is 2.31. The molecule has 0 aliphatic carbocycles. The summed E-state index contributed by atoms with van der Waals surface area (Å²) in [6, 6.07) is 12.7. The van der Waals surface area contributed by atoms with E-state index < -0.39 is 18.1 Å². The summed E-state index contributed by atoms with van der Waals surface area (Å²) in [5, 5.41) is 14.1. The number of nitrogens with one attached hydrogen (secondary N) is 1. The normalized spacial score (nSPS) is 17.0. The summed E-state index contributed by atoms with van der Waals surface area (Å²) < 4.78 is 19.3. The van der Waals surface area contributed by atoms with Crippen molar-refractivity contribution in [2.24, 2.45) is 17.6 Å². The first-order valence-corrected chi connectivity index (χ1v) is 12.1. The van der Waals surface area contributed by atoms with Crippen molar-refractivity contribution in [1.29, 1.82) is 0 Å². The maximum atomic E-state index is 13.8. The van der Waals surface area contributed by atoms with Crippen molar-refractivity contribution in [3.63, 3.8) is 0 Å². The van der Waals surface area contributed by atoms with Crippen molar-refractivity contribution in [3.05, 3.63) is 65.5 Å². The van der Waals surface area contributed by atoms with Gasteiger partial charge in [0.05, 0.1) is 11.9 Å². The van der Waals surface area contributed by atoms with Crippen LogP contribution in [0.4, 0.5) is 4.39 Å². The average molecular weight is 499 g/mol. The monoisotopic (exact) mass is 498 g/mol. The van der Waals surface area contributed by atoms with Gasteiger partial charge < -0.3 is 30.6 Å². The number of carboxylic acid groups (broad SMARTS) is 1. The van der Waals surface area contributed by atoms with Crippen LogP contribution in [0.2, 0.25) is 0 Å². The first kappa shape index (κ1) is 27.1. The molecule has 3 rings (SSSR count). The second kappa shape index (κ2) is 12.5. The molecule has 8 nitrogen and oxygen atoms in total. The van der Waals surface area contributed by atoms with Crippen LogP contribution in [0.25, 0.3) is 0 Å². The van der Waals surface area contributed by atoms with Gasteiger partial charge in [0, 0.05) is 32.1 Å². The van der Waals surface area contributed by atoms with Crippen LogP contribution in [0.15, 0.2) is 48.5 Å². The molecule has 1 heterocycles. The van der Waals surface area contributed by atoms with Crippen LogP contribution in [0, 0.1) is 17.7 Å². The first-order chi connectivity index (χ1) is 17.1. The zero-order valence-corrected chi connectivity index (χ0v) is 20.6. The number of nitrogens with two attached hydrogens (primary N) is 1. The lowest BCUT2D eigenvalue weighted by atomic mass is 10.0. The fourth-order valence-corrected chi connectivity index (χ4v) is 4.20. The van der Waals surface area contributed by atoms with Crippen LogP contribution >= 0.6 is 0 Å². The predicted octanol–water partition coefficient (Wildman–Crippen LogP) is 1.40. The zero-order chi connectivity index (χ0) is 26.2. The van der Waals surface area contributed by atoms with Gasteiger partial charge in [0.25, 0.3) is 0 Å². The summed E-state index contributed by atoms with van der Waals surface area (Å²) in [6.45, 7) is 4.57. The minimum atomic E-state index is -1.27. The number of likely N-dealkylation sites (tertiary alicyclic amines) is 1. The molecule has 0 saturated carbocycles. The third kappa shape index (κ3) is 7.52. The van der Waals surface area contributed by atoms with Crippen molar-refractivity contribution in [3.8, 4) is 5.75 Å². The third-order valence-corrected chi connectivity index (χ3v) is 6.28. The molecule has 1 aliphatic rings. The summed E-state index contributed by atoms with van der Waals surface area (Å²) >= 11 is 0. The molecule has 0 bridgehead atoms. The largest absolute Gasteiger partial charge is 0.546 e. The fraction of sp³-hybridized carbons (Fsp3) is 0.444. The third-order valence-electron chi connectivity index (χ3n) is 6.28. The standard InChI is InChI=1S/C27H34FN3O5/c1-17(2)25(27(34)35)36-22-9-7-18(8-10-22)15-30-26(33)20-11-12-31(16-20)24(32)14-21(29)13-19-5-3-4-6-23(19)28/h3-10,17,20-21,25H,11-16,29H2,1-2H3,(H,30,33)(H,34,35)/p-1/t20?,21-,25+/m1/s1. The van der Waals surface area contributed by atoms with Crippen molar-refractivity contribution in [1.82, 2.24) is 10.2 Å². The summed E-state index contributed by atoms with van der Waals surface area (Å²) in [5.74, 6) is -2.02. The molecule has 1 unspecified atom stereocenters. The van der Waals surface area contributed by atoms with E-state index in [2.05, 4.69) is 5.32 Å². The number of carbonyl (C=O) groups excluding carboxylic acids is 3. The Morgan fingerprint density at radius 2 is 1.86 bits per heavy atom. The molecule has 2 aromatic rings. The lowest BCUT2D eigenvalue weighted by Crippen LogP contribution is -2.42. The number of carbonyl (C=O) groups is 3. The Hall–Kier alpha value is -3.46. The second-order valence-electron chi connectivity index (χ2n) is 9.55. The molecule has 2 amide bonds. The maximum absolute atomic E-state index is 13.8. The smallest absolute Gasteiger partial charge is 0.225 e. The van der Waals surface area contributed by atoms with E-state index in [9.17, 15) is 23.9 Å². The van der Waals surface area contributed by atoms with E-state index >= 15 is 0 Å². The van der Waals surface area contributed by atoms with Crippen molar-refractivity contribution in [2.75, 3.05) is 13.1 Å². The molecule has 0 spiro atoms. The number of aliphatic carboxylic acids is 1. The quantitative estimate of drug-likeness (QED) is 0.483. The molecule has 36 heavy (non-hydrogen) atoms. The van der Waals surface area contributed by atoms with Gasteiger partial charge in [0.2, 0.25) is 11.8 Å². The number of rotatable bonds is 11. The lowest BCUT2D eigenvalue weighted by molar-refractivity contribution is -0.315. The molecule has 1 saturated heterocycles. The van der Waals surface area contributed by atoms with Crippen LogP contribution < -0.4 is 20.9 Å². The van der Waals surface area contributed by atoms with Gasteiger partial charge in [-0.25, -0.2) is 4.39 Å². The van der Waals surface area contributed by atoms with E-state index in [1.807, 2.05) is 0 Å². The molecular weight excluding hydrogens is 465 g/mol. The molecule has 9 heteroatoms. The Labute approximate surface area is 210 Å². The number of ether oxygens (including phenoxy) is 1. The van der Waals surface area contributed by atoms with Crippen LogP contribution in [0.1, 0.15) is 37.8 Å². The number of amides is 2. The SMILES string of the molecule is CC(C)[C@H](Oc1ccc(CNC(=O)C2CCN(C(=O)C[C@H](N)Cc3ccccc3F)C2)cc1)C(=O)[O-]. The maximum Gasteiger partial charge on any atom is 0.225 e. The van der Waals surface area contributed by atoms with Gasteiger partial charge in [-0.3, -0.25) is 9.59 Å². The van der Waals surface area contributed by atoms with E-state index in [-0.39, 0.29) is 42.3 Å². The summed E-state index contributed by atoms with van der Waals surface area (Å²) in [4.78, 5) is 38.1. The summed E-state index contributed by atoms with van der Waals surface area (Å²) in [7, 11) is 0. The topological polar surface area (TPSA) is 125 Å². The highest BCUT2D eigenvalue weighted by atomic mass is 19.1. The predicted molar refractivity (Wildman–Crippen MR) is 130 cm³/mol.